The quantitative estimate of drug-likeness (QED) is 0.811. The zero-order valence-corrected chi connectivity index (χ0v) is 15.7. The van der Waals surface area contributed by atoms with Crippen LogP contribution in [-0.2, 0) is 19.4 Å². The number of rotatable bonds is 7. The van der Waals surface area contributed by atoms with Gasteiger partial charge < -0.3 is 19.3 Å². The normalized spacial score (nSPS) is 17.3. The van der Waals surface area contributed by atoms with E-state index in [1.165, 1.54) is 24.0 Å². The van der Waals surface area contributed by atoms with Gasteiger partial charge >= 0.3 is 0 Å². The van der Waals surface area contributed by atoms with Crippen LogP contribution in [0.25, 0.3) is 0 Å². The van der Waals surface area contributed by atoms with Crippen LogP contribution in [0.5, 0.6) is 5.75 Å². The molecule has 2 aromatic rings. The van der Waals surface area contributed by atoms with E-state index in [1.54, 1.807) is 18.0 Å². The summed E-state index contributed by atoms with van der Waals surface area (Å²) in [7, 11) is 1.73. The van der Waals surface area contributed by atoms with E-state index >= 15 is 0 Å². The number of aliphatic hydroxyl groups excluding tert-OH is 1. The number of ether oxygens (including phenoxy) is 1. The van der Waals surface area contributed by atoms with Crippen molar-refractivity contribution < 1.29 is 19.2 Å². The number of hydrogen-bond acceptors (Lipinski definition) is 5. The Bertz CT molecular complexity index is 825. The zero-order chi connectivity index (χ0) is 18.9. The highest BCUT2D eigenvalue weighted by Gasteiger charge is 2.43. The number of hydrogen-bond donors (Lipinski definition) is 1. The van der Waals surface area contributed by atoms with Crippen LogP contribution in [0, 0.1) is 5.41 Å². The Morgan fingerprint density at radius 1 is 1.26 bits per heavy atom. The highest BCUT2D eigenvalue weighted by Crippen LogP contribution is 2.45. The first-order valence-corrected chi connectivity index (χ1v) is 9.65. The van der Waals surface area contributed by atoms with Crippen LogP contribution in [0.2, 0.25) is 0 Å². The molecule has 1 heterocycles. The molecule has 6 heteroatoms. The molecule has 0 saturated heterocycles. The molecular weight excluding hydrogens is 344 g/mol. The van der Waals surface area contributed by atoms with Crippen LogP contribution in [0.1, 0.15) is 53.1 Å². The standard InChI is InChI=1S/C21H26N2O4/c1-23(13-21(14-24)8-9-21)20(25)19-11-18(27-22-19)12-26-17-7-6-15-4-2-3-5-16(15)10-17/h6-7,10-11,24H,2-5,8-9,12-14H2,1H3. The van der Waals surface area contributed by atoms with Crippen molar-refractivity contribution in [2.75, 3.05) is 20.2 Å². The molecule has 1 amide bonds. The summed E-state index contributed by atoms with van der Waals surface area (Å²) in [4.78, 5) is 14.1. The van der Waals surface area contributed by atoms with Crippen LogP contribution < -0.4 is 4.74 Å². The van der Waals surface area contributed by atoms with Crippen LogP contribution in [-0.4, -0.2) is 41.3 Å². The SMILES string of the molecule is CN(CC1(CO)CC1)C(=O)c1cc(COc2ccc3c(c2)CCCC3)on1. The average Bonchev–Trinajstić information content (AvgIpc) is 3.31. The summed E-state index contributed by atoms with van der Waals surface area (Å²) < 4.78 is 11.1. The van der Waals surface area contributed by atoms with Gasteiger partial charge in [0.1, 0.15) is 12.4 Å². The van der Waals surface area contributed by atoms with Gasteiger partial charge in [-0.15, -0.1) is 0 Å². The van der Waals surface area contributed by atoms with E-state index in [1.807, 2.05) is 6.07 Å². The molecule has 0 spiro atoms. The molecule has 4 rings (SSSR count). The van der Waals surface area contributed by atoms with Gasteiger partial charge in [0.25, 0.3) is 5.91 Å². The maximum Gasteiger partial charge on any atom is 0.275 e. The van der Waals surface area contributed by atoms with Crippen LogP contribution in [0.4, 0.5) is 0 Å². The number of nitrogens with zero attached hydrogens (tertiary/aromatic N) is 2. The summed E-state index contributed by atoms with van der Waals surface area (Å²) >= 11 is 0. The molecule has 0 radical (unpaired) electrons. The predicted octanol–water partition coefficient (Wildman–Crippen LogP) is 2.98. The molecule has 1 saturated carbocycles. The van der Waals surface area contributed by atoms with Crippen molar-refractivity contribution in [1.29, 1.82) is 0 Å². The molecule has 1 aromatic heterocycles. The summed E-state index contributed by atoms with van der Waals surface area (Å²) in [6.45, 7) is 0.892. The van der Waals surface area contributed by atoms with Gasteiger partial charge in [-0.25, -0.2) is 0 Å². The maximum absolute atomic E-state index is 12.5. The van der Waals surface area contributed by atoms with Gasteiger partial charge in [0.05, 0.1) is 6.61 Å². The minimum atomic E-state index is -0.196. The second kappa shape index (κ2) is 7.35. The summed E-state index contributed by atoms with van der Waals surface area (Å²) in [5.74, 6) is 1.14. The molecule has 2 aliphatic carbocycles. The van der Waals surface area contributed by atoms with Crippen LogP contribution in [0.3, 0.4) is 0 Å². The molecule has 1 fully saturated rings. The van der Waals surface area contributed by atoms with Gasteiger partial charge in [0, 0.05) is 25.1 Å². The van der Waals surface area contributed by atoms with Crippen molar-refractivity contribution in [3.05, 3.63) is 46.8 Å². The van der Waals surface area contributed by atoms with E-state index in [4.69, 9.17) is 9.26 Å². The molecule has 0 atom stereocenters. The van der Waals surface area contributed by atoms with Crippen molar-refractivity contribution in [2.45, 2.75) is 45.1 Å². The van der Waals surface area contributed by atoms with Crippen LogP contribution in [0.15, 0.2) is 28.8 Å². The van der Waals surface area contributed by atoms with Gasteiger partial charge in [-0.1, -0.05) is 11.2 Å². The van der Waals surface area contributed by atoms with Crippen molar-refractivity contribution >= 4 is 5.91 Å². The topological polar surface area (TPSA) is 75.8 Å². The molecule has 1 N–H and O–H groups in total. The molecular formula is C21H26N2O4. The Hall–Kier alpha value is -2.34. The molecule has 6 nitrogen and oxygen atoms in total. The first kappa shape index (κ1) is 18.0. The molecule has 144 valence electrons. The molecule has 0 unspecified atom stereocenters. The lowest BCUT2D eigenvalue weighted by Gasteiger charge is -2.21. The second-order valence-electron chi connectivity index (χ2n) is 7.92. The first-order valence-electron chi connectivity index (χ1n) is 9.65. The number of amides is 1. The molecule has 27 heavy (non-hydrogen) atoms. The van der Waals surface area contributed by atoms with E-state index in [-0.39, 0.29) is 30.2 Å². The largest absolute Gasteiger partial charge is 0.486 e. The van der Waals surface area contributed by atoms with Crippen molar-refractivity contribution in [2.24, 2.45) is 5.41 Å². The number of fused-ring (bicyclic) bond motifs is 1. The van der Waals surface area contributed by atoms with Gasteiger partial charge in [0.2, 0.25) is 0 Å². The minimum absolute atomic E-state index is 0.114. The number of carbonyl (C=O) groups excluding carboxylic acids is 1. The van der Waals surface area contributed by atoms with Crippen molar-refractivity contribution in [1.82, 2.24) is 10.1 Å². The third-order valence-corrected chi connectivity index (χ3v) is 5.69. The highest BCUT2D eigenvalue weighted by atomic mass is 16.5. The van der Waals surface area contributed by atoms with E-state index in [0.29, 0.717) is 12.3 Å². The molecule has 0 aliphatic heterocycles. The third kappa shape index (κ3) is 4.00. The smallest absolute Gasteiger partial charge is 0.275 e. The first-order chi connectivity index (χ1) is 13.1. The molecule has 2 aliphatic rings. The second-order valence-corrected chi connectivity index (χ2v) is 7.92. The number of aromatic nitrogens is 1. The van der Waals surface area contributed by atoms with Crippen LogP contribution >= 0.6 is 0 Å². The summed E-state index contributed by atoms with van der Waals surface area (Å²) in [6.07, 6.45) is 6.66. The highest BCUT2D eigenvalue weighted by molar-refractivity contribution is 5.92. The lowest BCUT2D eigenvalue weighted by molar-refractivity contribution is 0.0723. The minimum Gasteiger partial charge on any atom is -0.486 e. The Labute approximate surface area is 159 Å². The van der Waals surface area contributed by atoms with E-state index in [2.05, 4.69) is 17.3 Å². The number of aliphatic hydroxyl groups is 1. The summed E-state index contributed by atoms with van der Waals surface area (Å²) in [5.41, 5.74) is 2.94. The van der Waals surface area contributed by atoms with E-state index < -0.39 is 0 Å². The fourth-order valence-corrected chi connectivity index (χ4v) is 3.75. The lowest BCUT2D eigenvalue weighted by atomic mass is 9.92. The molecule has 1 aromatic carbocycles. The summed E-state index contributed by atoms with van der Waals surface area (Å²) in [5, 5.41) is 13.3. The van der Waals surface area contributed by atoms with Gasteiger partial charge in [-0.2, -0.15) is 0 Å². The Morgan fingerprint density at radius 3 is 2.78 bits per heavy atom. The average molecular weight is 370 g/mol. The number of benzene rings is 1. The number of aryl methyl sites for hydroxylation is 2. The van der Waals surface area contributed by atoms with Gasteiger partial charge in [-0.05, 0) is 61.8 Å². The predicted molar refractivity (Wildman–Crippen MR) is 99.6 cm³/mol. The lowest BCUT2D eigenvalue weighted by Crippen LogP contribution is -2.34. The van der Waals surface area contributed by atoms with Crippen molar-refractivity contribution in [3.8, 4) is 5.75 Å². The van der Waals surface area contributed by atoms with Gasteiger partial charge in [-0.3, -0.25) is 4.79 Å². The third-order valence-electron chi connectivity index (χ3n) is 5.69. The fraction of sp³-hybridized carbons (Fsp3) is 0.524. The zero-order valence-electron chi connectivity index (χ0n) is 15.7. The van der Waals surface area contributed by atoms with E-state index in [9.17, 15) is 9.90 Å². The van der Waals surface area contributed by atoms with Crippen molar-refractivity contribution in [3.63, 3.8) is 0 Å². The Balaban J connectivity index is 1.34. The Morgan fingerprint density at radius 2 is 2.04 bits per heavy atom. The number of carbonyl (C=O) groups is 1. The molecule has 0 bridgehead atoms. The van der Waals surface area contributed by atoms with Gasteiger partial charge in [0.15, 0.2) is 11.5 Å². The Kier molecular flexibility index (Phi) is 4.91. The maximum atomic E-state index is 12.5. The fourth-order valence-electron chi connectivity index (χ4n) is 3.75. The monoisotopic (exact) mass is 370 g/mol. The summed E-state index contributed by atoms with van der Waals surface area (Å²) in [6, 6.07) is 7.87. The van der Waals surface area contributed by atoms with E-state index in [0.717, 1.165) is 31.4 Å².